The second-order valence-corrected chi connectivity index (χ2v) is 5.04. The summed E-state index contributed by atoms with van der Waals surface area (Å²) in [6, 6.07) is 12.2. The third-order valence-electron chi connectivity index (χ3n) is 3.50. The van der Waals surface area contributed by atoms with Gasteiger partial charge in [-0.25, -0.2) is 9.97 Å². The molecule has 4 nitrogen and oxygen atoms in total. The van der Waals surface area contributed by atoms with Crippen molar-refractivity contribution in [3.8, 4) is 22.6 Å². The van der Waals surface area contributed by atoms with E-state index in [9.17, 15) is 0 Å². The van der Waals surface area contributed by atoms with Gasteiger partial charge in [0.15, 0.2) is 12.2 Å². The molecule has 4 rings (SSSR count). The standard InChI is InChI=1S/C17H13N3O/c1-12-2-7-17-19-15(10-20(17)9-12)13-3-5-14(6-4-13)16-8-18-11-21-16/h2-11H,1H3/i1-1. The molecule has 0 unspecified atom stereocenters. The monoisotopic (exact) mass is 274 g/mol. The van der Waals surface area contributed by atoms with Gasteiger partial charge in [-0.05, 0) is 18.6 Å². The van der Waals surface area contributed by atoms with Gasteiger partial charge in [0.2, 0.25) is 0 Å². The Morgan fingerprint density at radius 3 is 2.52 bits per heavy atom. The maximum atomic E-state index is 5.30. The molecule has 0 atom stereocenters. The van der Waals surface area contributed by atoms with Gasteiger partial charge >= 0.3 is 0 Å². The maximum absolute atomic E-state index is 5.30. The molecule has 1 aromatic carbocycles. The Kier molecular flexibility index (Phi) is 2.60. The summed E-state index contributed by atoms with van der Waals surface area (Å²) in [6.07, 6.45) is 7.27. The molecule has 4 heteroatoms. The van der Waals surface area contributed by atoms with Crippen LogP contribution in [0.3, 0.4) is 0 Å². The second-order valence-electron chi connectivity index (χ2n) is 5.04. The number of hydrogen-bond acceptors (Lipinski definition) is 3. The zero-order chi connectivity index (χ0) is 14.2. The Morgan fingerprint density at radius 1 is 0.952 bits per heavy atom. The van der Waals surface area contributed by atoms with E-state index in [0.717, 1.165) is 28.2 Å². The first kappa shape index (κ1) is 11.9. The average Bonchev–Trinajstić information content (AvgIpc) is 3.16. The number of aryl methyl sites for hydroxylation is 1. The first-order valence-electron chi connectivity index (χ1n) is 6.74. The van der Waals surface area contributed by atoms with Crippen molar-refractivity contribution >= 4 is 5.65 Å². The van der Waals surface area contributed by atoms with E-state index in [2.05, 4.69) is 33.6 Å². The quantitative estimate of drug-likeness (QED) is 0.555. The average molecular weight is 274 g/mol. The van der Waals surface area contributed by atoms with Crippen LogP contribution in [-0.4, -0.2) is 14.4 Å². The molecule has 3 aromatic heterocycles. The van der Waals surface area contributed by atoms with Crippen LogP contribution in [0.5, 0.6) is 0 Å². The Bertz CT molecular complexity index is 890. The van der Waals surface area contributed by atoms with Gasteiger partial charge in [-0.3, -0.25) is 0 Å². The van der Waals surface area contributed by atoms with Gasteiger partial charge in [0.05, 0.1) is 11.9 Å². The third-order valence-corrected chi connectivity index (χ3v) is 3.50. The lowest BCUT2D eigenvalue weighted by molar-refractivity contribution is 0.572. The Morgan fingerprint density at radius 2 is 1.76 bits per heavy atom. The summed E-state index contributed by atoms with van der Waals surface area (Å²) in [6.45, 7) is 2.07. The van der Waals surface area contributed by atoms with Crippen LogP contribution in [0.25, 0.3) is 28.2 Å². The Hall–Kier alpha value is -2.88. The number of pyridine rings is 1. The minimum atomic E-state index is 0.771. The lowest BCUT2D eigenvalue weighted by Gasteiger charge is -1.98. The highest BCUT2D eigenvalue weighted by atomic mass is 16.3. The molecule has 0 fully saturated rings. The van der Waals surface area contributed by atoms with E-state index in [4.69, 9.17) is 4.42 Å². The molecule has 0 N–H and O–H groups in total. The number of benzene rings is 1. The molecular weight excluding hydrogens is 261 g/mol. The van der Waals surface area contributed by atoms with E-state index in [1.54, 1.807) is 6.20 Å². The van der Waals surface area contributed by atoms with Crippen LogP contribution in [0.2, 0.25) is 0 Å². The zero-order valence-corrected chi connectivity index (χ0v) is 11.5. The van der Waals surface area contributed by atoms with Crippen LogP contribution >= 0.6 is 0 Å². The van der Waals surface area contributed by atoms with Gasteiger partial charge in [0, 0.05) is 23.5 Å². The number of oxazole rings is 1. The number of fused-ring (bicyclic) bond motifs is 1. The summed E-state index contributed by atoms with van der Waals surface area (Å²) in [5.74, 6) is 0.771. The van der Waals surface area contributed by atoms with Crippen LogP contribution in [-0.2, 0) is 0 Å². The van der Waals surface area contributed by atoms with Gasteiger partial charge in [-0.1, -0.05) is 30.3 Å². The topological polar surface area (TPSA) is 43.3 Å². The molecule has 4 aromatic rings. The van der Waals surface area contributed by atoms with Crippen molar-refractivity contribution in [3.63, 3.8) is 0 Å². The Labute approximate surface area is 121 Å². The van der Waals surface area contributed by atoms with Crippen molar-refractivity contribution in [1.29, 1.82) is 0 Å². The molecule has 0 saturated heterocycles. The highest BCUT2D eigenvalue weighted by molar-refractivity contribution is 5.67. The minimum absolute atomic E-state index is 0.771. The van der Waals surface area contributed by atoms with E-state index >= 15 is 0 Å². The van der Waals surface area contributed by atoms with Crippen molar-refractivity contribution < 1.29 is 4.42 Å². The number of aromatic nitrogens is 3. The van der Waals surface area contributed by atoms with E-state index in [-0.39, 0.29) is 0 Å². The smallest absolute Gasteiger partial charge is 0.181 e. The Balaban J connectivity index is 1.74. The van der Waals surface area contributed by atoms with Crippen LogP contribution in [0, 0.1) is 6.92 Å². The van der Waals surface area contributed by atoms with E-state index in [1.165, 1.54) is 12.0 Å². The van der Waals surface area contributed by atoms with Gasteiger partial charge in [0.25, 0.3) is 0 Å². The van der Waals surface area contributed by atoms with Gasteiger partial charge in [-0.2, -0.15) is 0 Å². The van der Waals surface area contributed by atoms with Crippen LogP contribution in [0.4, 0.5) is 0 Å². The fraction of sp³-hybridized carbons (Fsp3) is 0.0588. The summed E-state index contributed by atoms with van der Waals surface area (Å²) in [5.41, 5.74) is 5.22. The van der Waals surface area contributed by atoms with E-state index in [0.29, 0.717) is 0 Å². The highest BCUT2D eigenvalue weighted by Crippen LogP contribution is 2.24. The lowest BCUT2D eigenvalue weighted by atomic mass is 10.1. The predicted octanol–water partition coefficient (Wildman–Crippen LogP) is 3.96. The molecule has 21 heavy (non-hydrogen) atoms. The van der Waals surface area contributed by atoms with Gasteiger partial charge in [0.1, 0.15) is 5.65 Å². The molecule has 0 bridgehead atoms. The fourth-order valence-electron chi connectivity index (χ4n) is 2.41. The second kappa shape index (κ2) is 4.59. The number of rotatable bonds is 2. The molecule has 3 heterocycles. The lowest BCUT2D eigenvalue weighted by Crippen LogP contribution is -1.82. The van der Waals surface area contributed by atoms with Crippen molar-refractivity contribution in [1.82, 2.24) is 14.4 Å². The molecule has 0 aliphatic rings. The largest absolute Gasteiger partial charge is 0.444 e. The number of imidazole rings is 1. The maximum Gasteiger partial charge on any atom is 0.181 e. The highest BCUT2D eigenvalue weighted by Gasteiger charge is 2.06. The molecule has 102 valence electrons. The molecule has 0 spiro atoms. The zero-order valence-electron chi connectivity index (χ0n) is 11.5. The molecular formula is C17H13N3O. The number of hydrogen-bond donors (Lipinski definition) is 0. The summed E-state index contributed by atoms with van der Waals surface area (Å²) in [5, 5.41) is 0. The molecule has 0 aliphatic heterocycles. The van der Waals surface area contributed by atoms with Crippen LogP contribution in [0.15, 0.2) is 65.8 Å². The third kappa shape index (κ3) is 2.10. The summed E-state index contributed by atoms with van der Waals surface area (Å²) in [4.78, 5) is 8.58. The van der Waals surface area contributed by atoms with Crippen LogP contribution < -0.4 is 0 Å². The van der Waals surface area contributed by atoms with Gasteiger partial charge < -0.3 is 8.82 Å². The van der Waals surface area contributed by atoms with Crippen molar-refractivity contribution in [2.24, 2.45) is 0 Å². The fourth-order valence-corrected chi connectivity index (χ4v) is 2.41. The SMILES string of the molecule is [11CH3]c1ccc2nc(-c3ccc(-c4cnco4)cc3)cn2c1. The molecule has 0 aliphatic carbocycles. The van der Waals surface area contributed by atoms with Crippen molar-refractivity contribution in [3.05, 3.63) is 66.9 Å². The predicted molar refractivity (Wildman–Crippen MR) is 80.9 cm³/mol. The molecule has 0 radical (unpaired) electrons. The van der Waals surface area contributed by atoms with Crippen LogP contribution in [0.1, 0.15) is 5.56 Å². The van der Waals surface area contributed by atoms with Crippen molar-refractivity contribution in [2.75, 3.05) is 0 Å². The van der Waals surface area contributed by atoms with Gasteiger partial charge in [-0.15, -0.1) is 0 Å². The van der Waals surface area contributed by atoms with E-state index in [1.807, 2.05) is 36.5 Å². The molecule has 0 saturated carbocycles. The number of nitrogens with zero attached hydrogens (tertiary/aromatic N) is 3. The molecule has 0 amide bonds. The summed E-state index contributed by atoms with van der Waals surface area (Å²) in [7, 11) is 0. The normalized spacial score (nSPS) is 11.1. The first-order valence-corrected chi connectivity index (χ1v) is 6.74. The summed E-state index contributed by atoms with van der Waals surface area (Å²) >= 11 is 0. The summed E-state index contributed by atoms with van der Waals surface area (Å²) < 4.78 is 7.35. The van der Waals surface area contributed by atoms with Crippen molar-refractivity contribution in [2.45, 2.75) is 6.92 Å². The van der Waals surface area contributed by atoms with E-state index < -0.39 is 0 Å². The minimum Gasteiger partial charge on any atom is -0.444 e. The first-order chi connectivity index (χ1) is 10.3.